The lowest BCUT2D eigenvalue weighted by Gasteiger charge is -2.43. The summed E-state index contributed by atoms with van der Waals surface area (Å²) in [6.45, 7) is 0. The van der Waals surface area contributed by atoms with Gasteiger partial charge in [-0.25, -0.2) is 4.98 Å². The highest BCUT2D eigenvalue weighted by Crippen LogP contribution is 2.42. The molecular formula is C18H23N3O2S. The van der Waals surface area contributed by atoms with Crippen molar-refractivity contribution in [1.29, 1.82) is 0 Å². The van der Waals surface area contributed by atoms with E-state index in [-0.39, 0.29) is 17.9 Å². The number of benzene rings is 1. The summed E-state index contributed by atoms with van der Waals surface area (Å²) in [5.41, 5.74) is 7.21. The normalized spacial score (nSPS) is 29.4. The molecule has 0 radical (unpaired) electrons. The Labute approximate surface area is 145 Å². The first-order valence-corrected chi connectivity index (χ1v) is 9.46. The van der Waals surface area contributed by atoms with E-state index in [0.717, 1.165) is 28.8 Å². The van der Waals surface area contributed by atoms with Crippen molar-refractivity contribution in [3.05, 3.63) is 18.2 Å². The molecule has 0 saturated heterocycles. The Morgan fingerprint density at radius 3 is 2.79 bits per heavy atom. The minimum Gasteiger partial charge on any atom is -0.497 e. The Morgan fingerprint density at radius 1 is 1.33 bits per heavy atom. The van der Waals surface area contributed by atoms with Gasteiger partial charge in [-0.1, -0.05) is 17.8 Å². The smallest absolute Gasteiger partial charge is 0.229 e. The van der Waals surface area contributed by atoms with E-state index in [9.17, 15) is 4.79 Å². The standard InChI is InChI=1S/C18H23N3O2S/c1-23-13-5-6-14-15(9-13)24-18(20-14)21-17(22)12-7-10-3-2-4-11(8-12)16(10)19/h5-6,9-12,16H,2-4,7-8,19H2,1H3,(H,20,21,22). The van der Waals surface area contributed by atoms with Crippen LogP contribution in [0.5, 0.6) is 5.75 Å². The third-order valence-corrected chi connectivity index (χ3v) is 6.54. The molecule has 2 bridgehead atoms. The molecule has 4 rings (SSSR count). The molecule has 1 heterocycles. The Morgan fingerprint density at radius 2 is 2.08 bits per heavy atom. The predicted molar refractivity (Wildman–Crippen MR) is 96.3 cm³/mol. The van der Waals surface area contributed by atoms with Gasteiger partial charge in [0.1, 0.15) is 5.75 Å². The summed E-state index contributed by atoms with van der Waals surface area (Å²) in [5, 5.41) is 3.70. The minimum atomic E-state index is 0.0710. The molecule has 1 aromatic heterocycles. The zero-order valence-corrected chi connectivity index (χ0v) is 14.6. The largest absolute Gasteiger partial charge is 0.497 e. The molecule has 2 aromatic rings. The van der Waals surface area contributed by atoms with Gasteiger partial charge in [0.05, 0.1) is 17.3 Å². The second kappa shape index (κ2) is 6.33. The number of nitrogens with two attached hydrogens (primary N) is 1. The van der Waals surface area contributed by atoms with Crippen molar-refractivity contribution in [2.24, 2.45) is 23.5 Å². The molecule has 24 heavy (non-hydrogen) atoms. The zero-order valence-electron chi connectivity index (χ0n) is 13.8. The van der Waals surface area contributed by atoms with E-state index in [1.165, 1.54) is 30.6 Å². The van der Waals surface area contributed by atoms with Crippen molar-refractivity contribution in [2.45, 2.75) is 38.1 Å². The van der Waals surface area contributed by atoms with E-state index in [4.69, 9.17) is 10.5 Å². The number of thiazole rings is 1. The quantitative estimate of drug-likeness (QED) is 0.894. The number of methoxy groups -OCH3 is 1. The first-order valence-electron chi connectivity index (χ1n) is 8.65. The Balaban J connectivity index is 1.48. The number of hydrogen-bond donors (Lipinski definition) is 2. The molecule has 2 atom stereocenters. The third kappa shape index (κ3) is 2.89. The molecule has 2 aliphatic rings. The number of hydrogen-bond acceptors (Lipinski definition) is 5. The number of fused-ring (bicyclic) bond motifs is 3. The molecule has 1 aromatic carbocycles. The van der Waals surface area contributed by atoms with E-state index < -0.39 is 0 Å². The van der Waals surface area contributed by atoms with Gasteiger partial charge in [0.25, 0.3) is 0 Å². The number of nitrogens with one attached hydrogen (secondary N) is 1. The summed E-state index contributed by atoms with van der Waals surface area (Å²) in [5.74, 6) is 1.99. The molecule has 2 aliphatic carbocycles. The van der Waals surface area contributed by atoms with Crippen LogP contribution in [0.4, 0.5) is 5.13 Å². The molecule has 1 amide bonds. The van der Waals surface area contributed by atoms with E-state index in [2.05, 4.69) is 10.3 Å². The van der Waals surface area contributed by atoms with Crippen LogP contribution in [-0.4, -0.2) is 24.0 Å². The molecule has 3 N–H and O–H groups in total. The SMILES string of the molecule is COc1ccc2nc(NC(=O)C3CC4CCCC(C3)C4N)sc2c1. The monoisotopic (exact) mass is 345 g/mol. The van der Waals surface area contributed by atoms with Gasteiger partial charge in [-0.15, -0.1) is 0 Å². The van der Waals surface area contributed by atoms with Gasteiger partial charge in [-0.3, -0.25) is 4.79 Å². The van der Waals surface area contributed by atoms with Crippen LogP contribution in [-0.2, 0) is 4.79 Å². The van der Waals surface area contributed by atoms with Gasteiger partial charge in [0.15, 0.2) is 5.13 Å². The van der Waals surface area contributed by atoms with Gasteiger partial charge in [0, 0.05) is 12.0 Å². The Bertz CT molecular complexity index is 746. The van der Waals surface area contributed by atoms with Crippen molar-refractivity contribution in [1.82, 2.24) is 4.98 Å². The Kier molecular flexibility index (Phi) is 4.18. The minimum absolute atomic E-state index is 0.0710. The fraction of sp³-hybridized carbons (Fsp3) is 0.556. The number of amides is 1. The molecule has 6 heteroatoms. The zero-order chi connectivity index (χ0) is 16.7. The maximum atomic E-state index is 12.7. The summed E-state index contributed by atoms with van der Waals surface area (Å²) >= 11 is 1.49. The van der Waals surface area contributed by atoms with Crippen LogP contribution in [0.3, 0.4) is 0 Å². The summed E-state index contributed by atoms with van der Waals surface area (Å²) < 4.78 is 6.26. The second-order valence-electron chi connectivity index (χ2n) is 7.04. The van der Waals surface area contributed by atoms with Crippen molar-refractivity contribution >= 4 is 32.6 Å². The van der Waals surface area contributed by atoms with Crippen molar-refractivity contribution in [3.63, 3.8) is 0 Å². The van der Waals surface area contributed by atoms with Crippen LogP contribution < -0.4 is 15.8 Å². The first-order chi connectivity index (χ1) is 11.6. The summed E-state index contributed by atoms with van der Waals surface area (Å²) in [7, 11) is 1.65. The molecule has 2 unspecified atom stereocenters. The van der Waals surface area contributed by atoms with Gasteiger partial charge in [0.2, 0.25) is 5.91 Å². The van der Waals surface area contributed by atoms with Crippen LogP contribution in [0.15, 0.2) is 18.2 Å². The molecule has 2 saturated carbocycles. The molecule has 0 spiro atoms. The highest BCUT2D eigenvalue weighted by molar-refractivity contribution is 7.22. The number of carbonyl (C=O) groups excluding carboxylic acids is 1. The molecular weight excluding hydrogens is 322 g/mol. The van der Waals surface area contributed by atoms with E-state index in [1.54, 1.807) is 7.11 Å². The maximum absolute atomic E-state index is 12.7. The lowest BCUT2D eigenvalue weighted by molar-refractivity contribution is -0.122. The fourth-order valence-electron chi connectivity index (χ4n) is 4.30. The van der Waals surface area contributed by atoms with Crippen LogP contribution in [0.25, 0.3) is 10.2 Å². The van der Waals surface area contributed by atoms with Crippen molar-refractivity contribution < 1.29 is 9.53 Å². The van der Waals surface area contributed by atoms with Gasteiger partial charge in [-0.05, 0) is 55.7 Å². The van der Waals surface area contributed by atoms with Gasteiger partial charge in [-0.2, -0.15) is 0 Å². The number of anilines is 1. The van der Waals surface area contributed by atoms with E-state index >= 15 is 0 Å². The van der Waals surface area contributed by atoms with Crippen LogP contribution in [0.2, 0.25) is 0 Å². The molecule has 0 aliphatic heterocycles. The molecule has 128 valence electrons. The Hall–Kier alpha value is -1.66. The summed E-state index contributed by atoms with van der Waals surface area (Å²) in [6, 6.07) is 6.05. The molecule has 2 fully saturated rings. The number of ether oxygens (including phenoxy) is 1. The van der Waals surface area contributed by atoms with Crippen molar-refractivity contribution in [2.75, 3.05) is 12.4 Å². The highest BCUT2D eigenvalue weighted by Gasteiger charge is 2.40. The number of nitrogens with zero attached hydrogens (tertiary/aromatic N) is 1. The lowest BCUT2D eigenvalue weighted by Crippen LogP contribution is -2.48. The number of aromatic nitrogens is 1. The highest BCUT2D eigenvalue weighted by atomic mass is 32.1. The number of carbonyl (C=O) groups is 1. The fourth-order valence-corrected chi connectivity index (χ4v) is 5.19. The van der Waals surface area contributed by atoms with E-state index in [0.29, 0.717) is 17.0 Å². The van der Waals surface area contributed by atoms with Crippen LogP contribution >= 0.6 is 11.3 Å². The third-order valence-electron chi connectivity index (χ3n) is 5.61. The number of rotatable bonds is 3. The topological polar surface area (TPSA) is 77.2 Å². The van der Waals surface area contributed by atoms with Gasteiger partial charge >= 0.3 is 0 Å². The average molecular weight is 345 g/mol. The summed E-state index contributed by atoms with van der Waals surface area (Å²) in [6.07, 6.45) is 5.44. The van der Waals surface area contributed by atoms with E-state index in [1.807, 2.05) is 18.2 Å². The average Bonchev–Trinajstić information content (AvgIpc) is 2.95. The second-order valence-corrected chi connectivity index (χ2v) is 8.07. The van der Waals surface area contributed by atoms with Crippen LogP contribution in [0.1, 0.15) is 32.1 Å². The predicted octanol–water partition coefficient (Wildman–Crippen LogP) is 3.40. The maximum Gasteiger partial charge on any atom is 0.229 e. The van der Waals surface area contributed by atoms with Crippen molar-refractivity contribution in [3.8, 4) is 5.75 Å². The van der Waals surface area contributed by atoms with Gasteiger partial charge < -0.3 is 15.8 Å². The first kappa shape index (κ1) is 15.8. The summed E-state index contributed by atoms with van der Waals surface area (Å²) in [4.78, 5) is 17.2. The molecule has 5 nitrogen and oxygen atoms in total. The lowest BCUT2D eigenvalue weighted by atomic mass is 9.65. The van der Waals surface area contributed by atoms with Crippen LogP contribution in [0, 0.1) is 17.8 Å².